The van der Waals surface area contributed by atoms with Crippen molar-refractivity contribution < 1.29 is 14.3 Å². The number of ether oxygens (including phenoxy) is 2. The number of benzene rings is 1. The lowest BCUT2D eigenvalue weighted by molar-refractivity contribution is 0.0754. The fourth-order valence-electron chi connectivity index (χ4n) is 2.07. The Balaban J connectivity index is 2.22. The first-order valence-electron chi connectivity index (χ1n) is 6.51. The highest BCUT2D eigenvalue weighted by atomic mass is 79.9. The summed E-state index contributed by atoms with van der Waals surface area (Å²) >= 11 is 3.39. The first-order valence-corrected chi connectivity index (χ1v) is 7.64. The zero-order valence-corrected chi connectivity index (χ0v) is 12.6. The quantitative estimate of drug-likeness (QED) is 0.780. The molecule has 1 heterocycles. The highest BCUT2D eigenvalue weighted by Crippen LogP contribution is 2.34. The molecule has 0 aromatic heterocycles. The van der Waals surface area contributed by atoms with Gasteiger partial charge in [0.15, 0.2) is 11.5 Å². The van der Waals surface area contributed by atoms with Crippen LogP contribution >= 0.6 is 15.9 Å². The van der Waals surface area contributed by atoms with E-state index in [-0.39, 0.29) is 5.91 Å². The molecule has 0 unspecified atom stereocenters. The molecular weight excluding hydrogens is 310 g/mol. The van der Waals surface area contributed by atoms with E-state index in [1.165, 1.54) is 0 Å². The van der Waals surface area contributed by atoms with Crippen molar-refractivity contribution in [2.45, 2.75) is 13.3 Å². The second-order valence-electron chi connectivity index (χ2n) is 4.26. The van der Waals surface area contributed by atoms with Gasteiger partial charge >= 0.3 is 0 Å². The molecule has 5 heteroatoms. The number of amides is 1. The first-order chi connectivity index (χ1) is 9.27. The van der Waals surface area contributed by atoms with Crippen LogP contribution in [0.1, 0.15) is 23.7 Å². The van der Waals surface area contributed by atoms with Crippen LogP contribution in [0.3, 0.4) is 0 Å². The van der Waals surface area contributed by atoms with Crippen molar-refractivity contribution in [1.82, 2.24) is 4.90 Å². The Morgan fingerprint density at radius 3 is 2.89 bits per heavy atom. The number of hydrogen-bond donors (Lipinski definition) is 0. The summed E-state index contributed by atoms with van der Waals surface area (Å²) < 4.78 is 11.1. The molecule has 0 fully saturated rings. The highest BCUT2D eigenvalue weighted by Gasteiger charge is 2.23. The second-order valence-corrected chi connectivity index (χ2v) is 5.05. The van der Waals surface area contributed by atoms with Crippen molar-refractivity contribution in [3.05, 3.63) is 23.8 Å². The minimum atomic E-state index is 0.00537. The summed E-state index contributed by atoms with van der Waals surface area (Å²) in [7, 11) is 0. The maximum atomic E-state index is 12.5. The zero-order chi connectivity index (χ0) is 13.7. The predicted molar refractivity (Wildman–Crippen MR) is 77.4 cm³/mol. The van der Waals surface area contributed by atoms with Gasteiger partial charge in [-0.05, 0) is 25.5 Å². The molecule has 104 valence electrons. The predicted octanol–water partition coefficient (Wildman–Crippen LogP) is 2.70. The third-order valence-electron chi connectivity index (χ3n) is 3.03. The van der Waals surface area contributed by atoms with Crippen molar-refractivity contribution in [1.29, 1.82) is 0 Å². The van der Waals surface area contributed by atoms with Crippen molar-refractivity contribution in [2.75, 3.05) is 31.6 Å². The molecule has 0 saturated carbocycles. The fourth-order valence-corrected chi connectivity index (χ4v) is 2.32. The Hall–Kier alpha value is -1.23. The first kappa shape index (κ1) is 14.2. The fraction of sp³-hybridized carbons (Fsp3) is 0.500. The number of fused-ring (bicyclic) bond motifs is 1. The summed E-state index contributed by atoms with van der Waals surface area (Å²) in [4.78, 5) is 14.4. The molecular formula is C14H18BrNO3. The monoisotopic (exact) mass is 327 g/mol. The Morgan fingerprint density at radius 1 is 1.37 bits per heavy atom. The second kappa shape index (κ2) is 6.80. The molecule has 0 aliphatic carbocycles. The third kappa shape index (κ3) is 3.21. The van der Waals surface area contributed by atoms with Crippen LogP contribution in [-0.4, -0.2) is 42.4 Å². The van der Waals surface area contributed by atoms with E-state index in [4.69, 9.17) is 9.47 Å². The van der Waals surface area contributed by atoms with Gasteiger partial charge < -0.3 is 14.4 Å². The van der Waals surface area contributed by atoms with Gasteiger partial charge in [-0.1, -0.05) is 22.0 Å². The number of rotatable bonds is 5. The minimum Gasteiger partial charge on any atom is -0.486 e. The number of alkyl halides is 1. The minimum absolute atomic E-state index is 0.00537. The molecule has 1 amide bonds. The molecule has 1 aromatic rings. The lowest BCUT2D eigenvalue weighted by Gasteiger charge is -2.24. The molecule has 19 heavy (non-hydrogen) atoms. The van der Waals surface area contributed by atoms with Gasteiger partial charge in [0, 0.05) is 18.4 Å². The lowest BCUT2D eigenvalue weighted by atomic mass is 10.1. The summed E-state index contributed by atoms with van der Waals surface area (Å²) in [5.41, 5.74) is 0.591. The zero-order valence-electron chi connectivity index (χ0n) is 11.0. The summed E-state index contributed by atoms with van der Waals surface area (Å²) in [5, 5.41) is 0.892. The van der Waals surface area contributed by atoms with Crippen LogP contribution in [0.2, 0.25) is 0 Å². The van der Waals surface area contributed by atoms with E-state index in [1.54, 1.807) is 6.07 Å². The third-order valence-corrected chi connectivity index (χ3v) is 3.59. The van der Waals surface area contributed by atoms with Crippen LogP contribution < -0.4 is 9.47 Å². The maximum absolute atomic E-state index is 12.5. The number of carbonyl (C=O) groups is 1. The topological polar surface area (TPSA) is 38.8 Å². The average molecular weight is 328 g/mol. The normalized spacial score (nSPS) is 13.2. The van der Waals surface area contributed by atoms with E-state index in [2.05, 4.69) is 15.9 Å². The van der Waals surface area contributed by atoms with E-state index in [9.17, 15) is 4.79 Å². The summed E-state index contributed by atoms with van der Waals surface area (Å²) in [6.45, 7) is 4.44. The number of carbonyl (C=O) groups excluding carboxylic acids is 1. The van der Waals surface area contributed by atoms with Crippen molar-refractivity contribution in [3.8, 4) is 11.5 Å². The Bertz CT molecular complexity index is 450. The van der Waals surface area contributed by atoms with Crippen molar-refractivity contribution in [2.24, 2.45) is 0 Å². The van der Waals surface area contributed by atoms with Gasteiger partial charge in [0.25, 0.3) is 5.91 Å². The average Bonchev–Trinajstić information content (AvgIpc) is 2.47. The van der Waals surface area contributed by atoms with Crippen molar-refractivity contribution >= 4 is 21.8 Å². The molecule has 1 aromatic carbocycles. The summed E-state index contributed by atoms with van der Waals surface area (Å²) in [6, 6.07) is 5.46. The molecule has 4 nitrogen and oxygen atoms in total. The van der Waals surface area contributed by atoms with Gasteiger partial charge in [-0.2, -0.15) is 0 Å². The van der Waals surface area contributed by atoms with Crippen LogP contribution in [-0.2, 0) is 0 Å². The molecule has 0 radical (unpaired) electrons. The van der Waals surface area contributed by atoms with Gasteiger partial charge in [-0.3, -0.25) is 4.79 Å². The largest absolute Gasteiger partial charge is 0.486 e. The molecule has 0 bridgehead atoms. The SMILES string of the molecule is CCN(CCCBr)C(=O)c1cccc2c1OCCO2. The van der Waals surface area contributed by atoms with Gasteiger partial charge in [0.05, 0.1) is 5.56 Å². The van der Waals surface area contributed by atoms with Crippen LogP contribution in [0, 0.1) is 0 Å². The van der Waals surface area contributed by atoms with Gasteiger partial charge in [-0.25, -0.2) is 0 Å². The van der Waals surface area contributed by atoms with Gasteiger partial charge in [-0.15, -0.1) is 0 Å². The van der Waals surface area contributed by atoms with Crippen LogP contribution in [0.15, 0.2) is 18.2 Å². The maximum Gasteiger partial charge on any atom is 0.257 e. The summed E-state index contributed by atoms with van der Waals surface area (Å²) in [5.74, 6) is 1.25. The smallest absolute Gasteiger partial charge is 0.257 e. The van der Waals surface area contributed by atoms with Crippen molar-refractivity contribution in [3.63, 3.8) is 0 Å². The van der Waals surface area contributed by atoms with Crippen LogP contribution in [0.4, 0.5) is 0 Å². The van der Waals surface area contributed by atoms with E-state index in [0.29, 0.717) is 36.8 Å². The number of halogens is 1. The number of hydrogen-bond acceptors (Lipinski definition) is 3. The lowest BCUT2D eigenvalue weighted by Crippen LogP contribution is -2.32. The van der Waals surface area contributed by atoms with Gasteiger partial charge in [0.1, 0.15) is 13.2 Å². The number of para-hydroxylation sites is 1. The van der Waals surface area contributed by atoms with E-state index in [0.717, 1.165) is 18.3 Å². The van der Waals surface area contributed by atoms with E-state index in [1.807, 2.05) is 24.0 Å². The molecule has 0 saturated heterocycles. The molecule has 1 aliphatic heterocycles. The van der Waals surface area contributed by atoms with E-state index < -0.39 is 0 Å². The molecule has 1 aliphatic rings. The summed E-state index contributed by atoms with van der Waals surface area (Å²) in [6.07, 6.45) is 0.936. The molecule has 0 atom stereocenters. The van der Waals surface area contributed by atoms with Crippen LogP contribution in [0.5, 0.6) is 11.5 Å². The number of nitrogens with zero attached hydrogens (tertiary/aromatic N) is 1. The Labute approximate surface area is 121 Å². The van der Waals surface area contributed by atoms with Gasteiger partial charge in [0.2, 0.25) is 0 Å². The van der Waals surface area contributed by atoms with Crippen LogP contribution in [0.25, 0.3) is 0 Å². The molecule has 0 N–H and O–H groups in total. The Morgan fingerprint density at radius 2 is 2.16 bits per heavy atom. The van der Waals surface area contributed by atoms with E-state index >= 15 is 0 Å². The Kier molecular flexibility index (Phi) is 5.07. The standard InChI is InChI=1S/C14H18BrNO3/c1-2-16(8-4-7-15)14(17)11-5-3-6-12-13(11)19-10-9-18-12/h3,5-6H,2,4,7-10H2,1H3. The molecule has 0 spiro atoms. The molecule has 2 rings (SSSR count). The highest BCUT2D eigenvalue weighted by molar-refractivity contribution is 9.09.